The molecule has 0 saturated heterocycles. The van der Waals surface area contributed by atoms with E-state index in [1.807, 2.05) is 0 Å². The third-order valence-electron chi connectivity index (χ3n) is 5.43. The van der Waals surface area contributed by atoms with E-state index < -0.39 is 36.4 Å². The second kappa shape index (κ2) is 10.3. The molecule has 2 aromatic carbocycles. The van der Waals surface area contributed by atoms with Crippen molar-refractivity contribution < 1.29 is 27.8 Å². The molecule has 2 aromatic heterocycles. The summed E-state index contributed by atoms with van der Waals surface area (Å²) >= 11 is 12.0. The normalized spacial score (nSPS) is 13.6. The number of benzene rings is 2. The van der Waals surface area contributed by atoms with Gasteiger partial charge in [-0.15, -0.1) is 5.10 Å². The van der Waals surface area contributed by atoms with E-state index in [2.05, 4.69) is 10.1 Å². The van der Waals surface area contributed by atoms with E-state index in [1.165, 1.54) is 49.5 Å². The minimum absolute atomic E-state index is 0.00664. The van der Waals surface area contributed by atoms with Crippen LogP contribution in [0.5, 0.6) is 0 Å². The van der Waals surface area contributed by atoms with Crippen LogP contribution in [-0.2, 0) is 13.1 Å². The molecular weight excluding hydrogens is 541 g/mol. The van der Waals surface area contributed by atoms with Crippen molar-refractivity contribution in [3.8, 4) is 16.9 Å². The van der Waals surface area contributed by atoms with Crippen LogP contribution in [0, 0.1) is 5.82 Å². The van der Waals surface area contributed by atoms with E-state index in [0.29, 0.717) is 10.6 Å². The first-order valence-corrected chi connectivity index (χ1v) is 11.5. The van der Waals surface area contributed by atoms with Crippen molar-refractivity contribution in [1.82, 2.24) is 23.9 Å². The molecular formula is C23H19Cl2F4N5O3. The maximum Gasteiger partial charge on any atom is 0.416 e. The van der Waals surface area contributed by atoms with Gasteiger partial charge in [0.25, 0.3) is 0 Å². The standard InChI is InChI=1S/C23H19Cl2F4N5O3/c1-12(35)21-30-19(31-34(21)20-15(25)3-2-4-16(20)26)11-32-9-17(13-5-7-14(24)8-6-13)33(22(32)37)10-18(36)23(27,28)29/h2-9,12,18,35-36H,10-11H2,1H3. The summed E-state index contributed by atoms with van der Waals surface area (Å²) in [7, 11) is 0. The van der Waals surface area contributed by atoms with E-state index in [4.69, 9.17) is 23.2 Å². The van der Waals surface area contributed by atoms with Gasteiger partial charge in [-0.2, -0.15) is 13.2 Å². The molecule has 0 amide bonds. The van der Waals surface area contributed by atoms with Gasteiger partial charge in [0.2, 0.25) is 0 Å². The van der Waals surface area contributed by atoms with Crippen molar-refractivity contribution in [3.05, 3.63) is 86.7 Å². The topological polar surface area (TPSA) is 98.1 Å². The van der Waals surface area contributed by atoms with Crippen LogP contribution in [0.4, 0.5) is 17.6 Å². The highest BCUT2D eigenvalue weighted by molar-refractivity contribution is 6.32. The first-order valence-electron chi connectivity index (χ1n) is 10.8. The molecule has 14 heteroatoms. The van der Waals surface area contributed by atoms with Crippen LogP contribution in [0.1, 0.15) is 24.7 Å². The van der Waals surface area contributed by atoms with Gasteiger partial charge < -0.3 is 10.2 Å². The molecule has 0 aliphatic heterocycles. The van der Waals surface area contributed by atoms with Gasteiger partial charge in [-0.3, -0.25) is 9.13 Å². The predicted octanol–water partition coefficient (Wildman–Crippen LogP) is 4.37. The number of para-hydroxylation sites is 1. The molecule has 196 valence electrons. The number of aliphatic hydroxyl groups excluding tert-OH is 2. The largest absolute Gasteiger partial charge is 0.416 e. The van der Waals surface area contributed by atoms with E-state index >= 15 is 0 Å². The Labute approximate surface area is 216 Å². The van der Waals surface area contributed by atoms with Crippen LogP contribution in [-0.4, -0.2) is 46.4 Å². The van der Waals surface area contributed by atoms with Crippen molar-refractivity contribution in [2.24, 2.45) is 0 Å². The summed E-state index contributed by atoms with van der Waals surface area (Å²) in [4.78, 5) is 17.3. The van der Waals surface area contributed by atoms with Gasteiger partial charge >= 0.3 is 11.9 Å². The Kier molecular flexibility index (Phi) is 7.47. The predicted molar refractivity (Wildman–Crippen MR) is 127 cm³/mol. The molecule has 0 fully saturated rings. The summed E-state index contributed by atoms with van der Waals surface area (Å²) in [6.45, 7) is -0.0227. The van der Waals surface area contributed by atoms with Crippen molar-refractivity contribution in [2.45, 2.75) is 38.4 Å². The quantitative estimate of drug-likeness (QED) is 0.328. The van der Waals surface area contributed by atoms with Crippen LogP contribution < -0.4 is 5.69 Å². The lowest BCUT2D eigenvalue weighted by atomic mass is 10.1. The minimum Gasteiger partial charge on any atom is -0.385 e. The van der Waals surface area contributed by atoms with Gasteiger partial charge in [-0.1, -0.05) is 41.4 Å². The average Bonchev–Trinajstić information content (AvgIpc) is 3.36. The minimum atomic E-state index is -4.95. The molecule has 0 aliphatic carbocycles. The number of aromatic nitrogens is 5. The highest BCUT2D eigenvalue weighted by Crippen LogP contribution is 2.27. The second-order valence-electron chi connectivity index (χ2n) is 8.14. The SMILES string of the molecule is CC(O)c1nc(Cn2cc(-c3ccc(Cl)cc3)n(CC(O)C(F)(F)F)c2=O)nn1-c1c(F)cccc1Cl. The third kappa shape index (κ3) is 5.57. The van der Waals surface area contributed by atoms with Gasteiger partial charge in [0.1, 0.15) is 17.6 Å². The highest BCUT2D eigenvalue weighted by atomic mass is 35.5. The monoisotopic (exact) mass is 559 g/mol. The van der Waals surface area contributed by atoms with E-state index in [1.54, 1.807) is 0 Å². The zero-order chi connectivity index (χ0) is 27.1. The summed E-state index contributed by atoms with van der Waals surface area (Å²) in [6.07, 6.45) is -7.67. The third-order valence-corrected chi connectivity index (χ3v) is 5.99. The molecule has 2 atom stereocenters. The van der Waals surface area contributed by atoms with Gasteiger partial charge in [0.15, 0.2) is 17.8 Å². The van der Waals surface area contributed by atoms with Crippen LogP contribution in [0.15, 0.2) is 53.5 Å². The van der Waals surface area contributed by atoms with Crippen molar-refractivity contribution in [1.29, 1.82) is 0 Å². The Bertz CT molecular complexity index is 1460. The number of hydrogen-bond acceptors (Lipinski definition) is 5. The first kappa shape index (κ1) is 26.9. The number of alkyl halides is 3. The number of rotatable bonds is 7. The molecule has 0 bridgehead atoms. The van der Waals surface area contributed by atoms with E-state index in [9.17, 15) is 32.6 Å². The zero-order valence-corrected chi connectivity index (χ0v) is 20.5. The van der Waals surface area contributed by atoms with Crippen LogP contribution in [0.2, 0.25) is 10.0 Å². The van der Waals surface area contributed by atoms with E-state index in [-0.39, 0.29) is 34.6 Å². The Balaban J connectivity index is 1.79. The molecule has 37 heavy (non-hydrogen) atoms. The molecule has 0 spiro atoms. The molecule has 2 heterocycles. The fraction of sp³-hybridized carbons (Fsp3) is 0.261. The van der Waals surface area contributed by atoms with Gasteiger partial charge in [0, 0.05) is 11.2 Å². The second-order valence-corrected chi connectivity index (χ2v) is 8.99. The zero-order valence-electron chi connectivity index (χ0n) is 19.0. The average molecular weight is 560 g/mol. The lowest BCUT2D eigenvalue weighted by Crippen LogP contribution is -2.37. The van der Waals surface area contributed by atoms with E-state index in [0.717, 1.165) is 19.9 Å². The summed E-state index contributed by atoms with van der Waals surface area (Å²) in [5.41, 5.74) is -0.598. The van der Waals surface area contributed by atoms with Gasteiger partial charge in [-0.25, -0.2) is 18.9 Å². The Morgan fingerprint density at radius 1 is 1.08 bits per heavy atom. The lowest BCUT2D eigenvalue weighted by Gasteiger charge is -2.16. The lowest BCUT2D eigenvalue weighted by molar-refractivity contribution is -0.207. The van der Waals surface area contributed by atoms with Gasteiger partial charge in [-0.05, 0) is 36.8 Å². The van der Waals surface area contributed by atoms with Crippen molar-refractivity contribution >= 4 is 23.2 Å². The molecule has 0 radical (unpaired) electrons. The molecule has 0 saturated carbocycles. The summed E-state index contributed by atoms with van der Waals surface area (Å²) in [5, 5.41) is 24.4. The van der Waals surface area contributed by atoms with Crippen molar-refractivity contribution in [2.75, 3.05) is 0 Å². The summed E-state index contributed by atoms with van der Waals surface area (Å²) < 4.78 is 56.6. The first-order chi connectivity index (χ1) is 17.4. The Morgan fingerprint density at radius 3 is 2.35 bits per heavy atom. The maximum atomic E-state index is 14.5. The molecule has 0 aliphatic rings. The van der Waals surface area contributed by atoms with Crippen molar-refractivity contribution in [3.63, 3.8) is 0 Å². The number of nitrogens with zero attached hydrogens (tertiary/aromatic N) is 5. The molecule has 4 rings (SSSR count). The fourth-order valence-electron chi connectivity index (χ4n) is 3.66. The van der Waals surface area contributed by atoms with Gasteiger partial charge in [0.05, 0.1) is 23.8 Å². The molecule has 4 aromatic rings. The maximum absolute atomic E-state index is 14.5. The van der Waals surface area contributed by atoms with Crippen LogP contribution >= 0.6 is 23.2 Å². The van der Waals surface area contributed by atoms with Crippen LogP contribution in [0.25, 0.3) is 16.9 Å². The summed E-state index contributed by atoms with van der Waals surface area (Å²) in [6, 6.07) is 9.97. The Hall–Kier alpha value is -3.19. The fourth-order valence-corrected chi connectivity index (χ4v) is 4.03. The molecule has 2 N–H and O–H groups in total. The highest BCUT2D eigenvalue weighted by Gasteiger charge is 2.39. The number of aliphatic hydroxyl groups is 2. The smallest absolute Gasteiger partial charge is 0.385 e. The number of halogens is 6. The molecule has 8 nitrogen and oxygen atoms in total. The Morgan fingerprint density at radius 2 is 1.76 bits per heavy atom. The van der Waals surface area contributed by atoms with Crippen LogP contribution in [0.3, 0.4) is 0 Å². The number of imidazole rings is 1. The number of hydrogen-bond donors (Lipinski definition) is 2. The summed E-state index contributed by atoms with van der Waals surface area (Å²) in [5.74, 6) is -0.853. The molecule has 2 unspecified atom stereocenters.